The molecule has 0 bridgehead atoms. The van der Waals surface area contributed by atoms with E-state index in [1.807, 2.05) is 19.1 Å². The lowest BCUT2D eigenvalue weighted by atomic mass is 10.1. The van der Waals surface area contributed by atoms with E-state index in [0.29, 0.717) is 13.0 Å². The summed E-state index contributed by atoms with van der Waals surface area (Å²) >= 11 is 1.62. The first-order valence-electron chi connectivity index (χ1n) is 8.04. The summed E-state index contributed by atoms with van der Waals surface area (Å²) in [5.41, 5.74) is 3.26. The van der Waals surface area contributed by atoms with Crippen LogP contribution >= 0.6 is 11.3 Å². The number of aryl methyl sites for hydroxylation is 2. The topological polar surface area (TPSA) is 59.1 Å². The van der Waals surface area contributed by atoms with Crippen molar-refractivity contribution >= 4 is 21.4 Å². The van der Waals surface area contributed by atoms with E-state index in [1.165, 1.54) is 5.56 Å². The number of thiazole rings is 1. The number of benzene rings is 2. The van der Waals surface area contributed by atoms with Gasteiger partial charge in [-0.05, 0) is 38.5 Å². The van der Waals surface area contributed by atoms with Gasteiger partial charge in [0.25, 0.3) is 0 Å². The molecule has 0 fully saturated rings. The zero-order valence-electron chi connectivity index (χ0n) is 14.2. The minimum absolute atomic E-state index is 0.288. The Labute approximate surface area is 152 Å². The summed E-state index contributed by atoms with van der Waals surface area (Å²) in [5, 5.41) is 0.974. The van der Waals surface area contributed by atoms with E-state index in [0.717, 1.165) is 21.1 Å². The van der Waals surface area contributed by atoms with Crippen LogP contribution in [0.25, 0.3) is 10.6 Å². The fourth-order valence-corrected chi connectivity index (χ4v) is 4.65. The number of nitrogens with one attached hydrogen (secondary N) is 1. The lowest BCUT2D eigenvalue weighted by Gasteiger charge is -2.06. The highest BCUT2D eigenvalue weighted by Gasteiger charge is 2.14. The van der Waals surface area contributed by atoms with Crippen molar-refractivity contribution in [1.29, 1.82) is 0 Å². The minimum Gasteiger partial charge on any atom is -0.241 e. The maximum Gasteiger partial charge on any atom is 0.240 e. The van der Waals surface area contributed by atoms with Crippen molar-refractivity contribution in [2.75, 3.05) is 6.54 Å². The fraction of sp³-hybridized carbons (Fsp3) is 0.211. The van der Waals surface area contributed by atoms with Crippen LogP contribution in [-0.4, -0.2) is 19.9 Å². The third-order valence-corrected chi connectivity index (χ3v) is 6.60. The molecule has 1 aromatic heterocycles. The second kappa shape index (κ2) is 7.47. The quantitative estimate of drug-likeness (QED) is 0.713. The van der Waals surface area contributed by atoms with Gasteiger partial charge in [0.05, 0.1) is 10.6 Å². The molecule has 1 heterocycles. The van der Waals surface area contributed by atoms with Gasteiger partial charge in [0.1, 0.15) is 5.01 Å². The van der Waals surface area contributed by atoms with Gasteiger partial charge in [-0.25, -0.2) is 18.1 Å². The summed E-state index contributed by atoms with van der Waals surface area (Å²) in [6, 6.07) is 16.7. The molecule has 0 amide bonds. The van der Waals surface area contributed by atoms with Crippen LogP contribution in [0.2, 0.25) is 0 Å². The molecular formula is C19H20N2O2S2. The summed E-state index contributed by atoms with van der Waals surface area (Å²) in [7, 11) is -3.46. The number of sulfonamides is 1. The van der Waals surface area contributed by atoms with Gasteiger partial charge in [0.15, 0.2) is 0 Å². The lowest BCUT2D eigenvalue weighted by molar-refractivity contribution is 0.582. The molecule has 0 aliphatic carbocycles. The van der Waals surface area contributed by atoms with Crippen LogP contribution in [0.15, 0.2) is 59.5 Å². The Hall–Kier alpha value is -2.02. The molecule has 0 aliphatic heterocycles. The minimum atomic E-state index is -3.46. The average Bonchev–Trinajstić information content (AvgIpc) is 2.97. The molecule has 2 aromatic carbocycles. The first kappa shape index (κ1) is 17.8. The second-order valence-electron chi connectivity index (χ2n) is 5.86. The molecule has 25 heavy (non-hydrogen) atoms. The molecule has 130 valence electrons. The van der Waals surface area contributed by atoms with Crippen molar-refractivity contribution in [3.05, 3.63) is 70.7 Å². The molecule has 4 nitrogen and oxygen atoms in total. The molecule has 3 aromatic rings. The van der Waals surface area contributed by atoms with Crippen molar-refractivity contribution < 1.29 is 8.42 Å². The van der Waals surface area contributed by atoms with E-state index < -0.39 is 10.0 Å². The highest BCUT2D eigenvalue weighted by Crippen LogP contribution is 2.28. The largest absolute Gasteiger partial charge is 0.241 e. The van der Waals surface area contributed by atoms with Crippen LogP contribution in [0.3, 0.4) is 0 Å². The number of hydrogen-bond donors (Lipinski definition) is 1. The van der Waals surface area contributed by atoms with Crippen LogP contribution in [0, 0.1) is 13.8 Å². The Morgan fingerprint density at radius 3 is 2.52 bits per heavy atom. The van der Waals surface area contributed by atoms with Crippen LogP contribution in [-0.2, 0) is 16.4 Å². The molecule has 0 saturated heterocycles. The first-order valence-corrected chi connectivity index (χ1v) is 10.3. The highest BCUT2D eigenvalue weighted by atomic mass is 32.2. The van der Waals surface area contributed by atoms with Crippen LogP contribution in [0.5, 0.6) is 0 Å². The van der Waals surface area contributed by atoms with Crippen molar-refractivity contribution in [3.8, 4) is 10.6 Å². The molecule has 0 aliphatic rings. The van der Waals surface area contributed by atoms with Gasteiger partial charge in [0.2, 0.25) is 10.0 Å². The smallest absolute Gasteiger partial charge is 0.240 e. The average molecular weight is 373 g/mol. The number of nitrogens with zero attached hydrogens (tertiary/aromatic N) is 1. The molecule has 0 radical (unpaired) electrons. The number of aromatic nitrogens is 1. The fourth-order valence-electron chi connectivity index (χ4n) is 2.54. The Balaban J connectivity index is 1.68. The van der Waals surface area contributed by atoms with Crippen molar-refractivity contribution in [2.24, 2.45) is 0 Å². The van der Waals surface area contributed by atoms with E-state index in [-0.39, 0.29) is 4.90 Å². The van der Waals surface area contributed by atoms with Crippen molar-refractivity contribution in [3.63, 3.8) is 0 Å². The van der Waals surface area contributed by atoms with E-state index >= 15 is 0 Å². The van der Waals surface area contributed by atoms with E-state index in [9.17, 15) is 8.42 Å². The van der Waals surface area contributed by atoms with E-state index in [2.05, 4.69) is 28.8 Å². The molecule has 1 N–H and O–H groups in total. The highest BCUT2D eigenvalue weighted by molar-refractivity contribution is 7.89. The third-order valence-electron chi connectivity index (χ3n) is 3.86. The van der Waals surface area contributed by atoms with E-state index in [1.54, 1.807) is 41.7 Å². The molecule has 3 rings (SSSR count). The van der Waals surface area contributed by atoms with Gasteiger partial charge < -0.3 is 0 Å². The molecule has 0 saturated carbocycles. The zero-order valence-corrected chi connectivity index (χ0v) is 15.8. The Morgan fingerprint density at radius 1 is 1.04 bits per heavy atom. The Bertz CT molecular complexity index is 964. The molecule has 0 spiro atoms. The monoisotopic (exact) mass is 372 g/mol. The first-order chi connectivity index (χ1) is 12.0. The summed E-state index contributed by atoms with van der Waals surface area (Å²) in [6.45, 7) is 4.38. The molecule has 0 unspecified atom stereocenters. The summed E-state index contributed by atoms with van der Waals surface area (Å²) in [4.78, 5) is 6.03. The van der Waals surface area contributed by atoms with Gasteiger partial charge in [-0.2, -0.15) is 0 Å². The predicted molar refractivity (Wildman–Crippen MR) is 102 cm³/mol. The second-order valence-corrected chi connectivity index (χ2v) is 8.71. The number of hydrogen-bond acceptors (Lipinski definition) is 4. The van der Waals surface area contributed by atoms with Crippen LogP contribution < -0.4 is 4.72 Å². The summed E-state index contributed by atoms with van der Waals surface area (Å²) < 4.78 is 27.2. The Kier molecular flexibility index (Phi) is 5.32. The standard InChI is InChI=1S/C19H20N2O2S2/c1-14-7-6-8-16(13-14)19-21-15(2)18(24-19)11-12-20-25(22,23)17-9-4-3-5-10-17/h3-10,13,20H,11-12H2,1-2H3. The van der Waals surface area contributed by atoms with Crippen molar-refractivity contribution in [2.45, 2.75) is 25.2 Å². The summed E-state index contributed by atoms with van der Waals surface area (Å²) in [5.74, 6) is 0. The van der Waals surface area contributed by atoms with Gasteiger partial charge in [-0.3, -0.25) is 0 Å². The maximum absolute atomic E-state index is 12.2. The van der Waals surface area contributed by atoms with Gasteiger partial charge in [0, 0.05) is 17.0 Å². The van der Waals surface area contributed by atoms with Crippen LogP contribution in [0.1, 0.15) is 16.1 Å². The lowest BCUT2D eigenvalue weighted by Crippen LogP contribution is -2.25. The molecule has 0 atom stereocenters. The summed E-state index contributed by atoms with van der Waals surface area (Å²) in [6.07, 6.45) is 0.626. The SMILES string of the molecule is Cc1cccc(-c2nc(C)c(CCNS(=O)(=O)c3ccccc3)s2)c1. The third kappa shape index (κ3) is 4.34. The normalized spacial score (nSPS) is 11.6. The molecular weight excluding hydrogens is 352 g/mol. The zero-order chi connectivity index (χ0) is 17.9. The van der Waals surface area contributed by atoms with Gasteiger partial charge in [-0.1, -0.05) is 42.0 Å². The Morgan fingerprint density at radius 2 is 1.80 bits per heavy atom. The van der Waals surface area contributed by atoms with Crippen molar-refractivity contribution in [1.82, 2.24) is 9.71 Å². The maximum atomic E-state index is 12.2. The van der Waals surface area contributed by atoms with Gasteiger partial charge in [-0.15, -0.1) is 11.3 Å². The molecule has 6 heteroatoms. The van der Waals surface area contributed by atoms with E-state index in [4.69, 9.17) is 0 Å². The van der Waals surface area contributed by atoms with Gasteiger partial charge >= 0.3 is 0 Å². The van der Waals surface area contributed by atoms with Crippen LogP contribution in [0.4, 0.5) is 0 Å². The predicted octanol–water partition coefficient (Wildman–Crippen LogP) is 3.95. The number of rotatable bonds is 6.